The molecule has 0 spiro atoms. The Morgan fingerprint density at radius 3 is 2.42 bits per heavy atom. The van der Waals surface area contributed by atoms with Crippen molar-refractivity contribution < 1.29 is 42.6 Å². The molecular formula is C6H11BO2S2Y. The van der Waals surface area contributed by atoms with Gasteiger partial charge in [-0.05, 0) is 23.6 Å². The summed E-state index contributed by atoms with van der Waals surface area (Å²) in [5.41, 5.74) is 0.656. The van der Waals surface area contributed by atoms with Gasteiger partial charge in [-0.15, -0.1) is 0 Å². The fraction of sp³-hybridized carbons (Fsp3) is 0.833. The molecule has 0 aliphatic carbocycles. The second-order valence-corrected chi connectivity index (χ2v) is 4.13. The maximum absolute atomic E-state index is 10.0. The molecule has 3 radical (unpaired) electrons. The summed E-state index contributed by atoms with van der Waals surface area (Å²) >= 11 is 3.14. The Bertz CT molecular complexity index is 116. The zero-order valence-corrected chi connectivity index (χ0v) is 11.3. The Labute approximate surface area is 108 Å². The van der Waals surface area contributed by atoms with Crippen LogP contribution >= 0.6 is 23.5 Å². The molecule has 0 unspecified atom stereocenters. The average Bonchev–Trinajstić information content (AvgIpc) is 1.96. The minimum Gasteiger partial charge on any atom is -0.481 e. The fourth-order valence-electron chi connectivity index (χ4n) is 0.506. The summed E-state index contributed by atoms with van der Waals surface area (Å²) in [6, 6.07) is 0. The van der Waals surface area contributed by atoms with E-state index in [9.17, 15) is 4.79 Å². The molecule has 0 fully saturated rings. The Hall–Kier alpha value is 1.34. The summed E-state index contributed by atoms with van der Waals surface area (Å²) in [5.74, 6) is 1.43. The summed E-state index contributed by atoms with van der Waals surface area (Å²) < 4.78 is 0. The first-order valence-corrected chi connectivity index (χ1v) is 5.65. The number of rotatable bonds is 7. The summed E-state index contributed by atoms with van der Waals surface area (Å²) in [7, 11) is 5.25. The smallest absolute Gasteiger partial charge is 0.313 e. The maximum atomic E-state index is 10.0. The molecule has 0 heterocycles. The quantitative estimate of drug-likeness (QED) is 0.558. The average molecular weight is 279 g/mol. The van der Waals surface area contributed by atoms with Crippen molar-refractivity contribution in [1.29, 1.82) is 0 Å². The van der Waals surface area contributed by atoms with E-state index in [1.165, 1.54) is 11.8 Å². The van der Waals surface area contributed by atoms with E-state index in [-0.39, 0.29) is 38.5 Å². The van der Waals surface area contributed by atoms with Crippen LogP contribution in [0.3, 0.4) is 0 Å². The van der Waals surface area contributed by atoms with E-state index in [4.69, 9.17) is 13.0 Å². The molecule has 6 heteroatoms. The molecule has 0 aromatic carbocycles. The standard InChI is InChI=1S/C6H11BO2S2.Y/c7-5-11-3-1-2-10-4-6(8)9;/h1-5H2,(H,8,9);. The van der Waals surface area contributed by atoms with Gasteiger partial charge in [-0.1, -0.05) is 0 Å². The Balaban J connectivity index is 0. The minimum absolute atomic E-state index is 0. The van der Waals surface area contributed by atoms with E-state index in [1.807, 2.05) is 0 Å². The molecule has 0 amide bonds. The van der Waals surface area contributed by atoms with Crippen LogP contribution in [-0.4, -0.2) is 41.8 Å². The first-order chi connectivity index (χ1) is 5.27. The number of carboxylic acids is 1. The van der Waals surface area contributed by atoms with Crippen molar-refractivity contribution >= 4 is 37.3 Å². The van der Waals surface area contributed by atoms with Crippen LogP contribution in [-0.2, 0) is 37.5 Å². The van der Waals surface area contributed by atoms with Crippen LogP contribution in [0.4, 0.5) is 0 Å². The van der Waals surface area contributed by atoms with Crippen LogP contribution in [0.1, 0.15) is 6.42 Å². The number of carboxylic acid groups (broad SMARTS) is 1. The van der Waals surface area contributed by atoms with Gasteiger partial charge in [-0.3, -0.25) is 4.79 Å². The summed E-state index contributed by atoms with van der Waals surface area (Å²) in [6.45, 7) is 0. The van der Waals surface area contributed by atoms with E-state index in [1.54, 1.807) is 11.8 Å². The molecular weight excluding hydrogens is 268 g/mol. The molecule has 0 aliphatic heterocycles. The molecule has 65 valence electrons. The Kier molecular flexibility index (Phi) is 16.2. The van der Waals surface area contributed by atoms with Crippen LogP contribution in [0.15, 0.2) is 0 Å². The molecule has 2 nitrogen and oxygen atoms in total. The minimum atomic E-state index is -0.735. The van der Waals surface area contributed by atoms with Gasteiger partial charge in [-0.2, -0.15) is 23.5 Å². The van der Waals surface area contributed by atoms with E-state index >= 15 is 0 Å². The van der Waals surface area contributed by atoms with Gasteiger partial charge in [0, 0.05) is 32.7 Å². The van der Waals surface area contributed by atoms with Crippen LogP contribution in [0.2, 0.25) is 0 Å². The summed E-state index contributed by atoms with van der Waals surface area (Å²) in [5, 5.41) is 8.27. The predicted octanol–water partition coefficient (Wildman–Crippen LogP) is 1.05. The SMILES string of the molecule is [B]CSCCCSCC(=O)O.[Y]. The van der Waals surface area contributed by atoms with Crippen molar-refractivity contribution in [1.82, 2.24) is 0 Å². The second kappa shape index (κ2) is 12.3. The van der Waals surface area contributed by atoms with Crippen molar-refractivity contribution in [3.63, 3.8) is 0 Å². The predicted molar refractivity (Wildman–Crippen MR) is 52.7 cm³/mol. The number of hydrogen-bond acceptors (Lipinski definition) is 3. The van der Waals surface area contributed by atoms with Crippen molar-refractivity contribution in [3.8, 4) is 0 Å². The normalized spacial score (nSPS) is 9.00. The third kappa shape index (κ3) is 13.9. The zero-order chi connectivity index (χ0) is 8.53. The molecule has 0 aromatic heterocycles. The van der Waals surface area contributed by atoms with E-state index < -0.39 is 5.97 Å². The van der Waals surface area contributed by atoms with Gasteiger partial charge in [0.2, 0.25) is 0 Å². The molecule has 0 rings (SSSR count). The number of carbonyl (C=O) groups is 1. The van der Waals surface area contributed by atoms with Gasteiger partial charge in [0.1, 0.15) is 0 Å². The third-order valence-electron chi connectivity index (χ3n) is 0.921. The molecule has 0 saturated heterocycles. The third-order valence-corrected chi connectivity index (χ3v) is 2.76. The monoisotopic (exact) mass is 279 g/mol. The molecule has 1 N–H and O–H groups in total. The Morgan fingerprint density at radius 2 is 1.92 bits per heavy atom. The molecule has 0 bridgehead atoms. The van der Waals surface area contributed by atoms with Gasteiger partial charge < -0.3 is 5.11 Å². The van der Waals surface area contributed by atoms with E-state index in [0.717, 1.165) is 17.9 Å². The van der Waals surface area contributed by atoms with Gasteiger partial charge in [-0.25, -0.2) is 0 Å². The van der Waals surface area contributed by atoms with Crippen LogP contribution in [0.5, 0.6) is 0 Å². The van der Waals surface area contributed by atoms with Crippen LogP contribution in [0, 0.1) is 0 Å². The van der Waals surface area contributed by atoms with Gasteiger partial charge in [0.15, 0.2) is 0 Å². The molecule has 0 atom stereocenters. The summed E-state index contributed by atoms with van der Waals surface area (Å²) in [6.07, 6.45) is 1.04. The van der Waals surface area contributed by atoms with E-state index in [2.05, 4.69) is 0 Å². The fourth-order valence-corrected chi connectivity index (χ4v) is 1.87. The van der Waals surface area contributed by atoms with E-state index in [0.29, 0.717) is 5.65 Å². The number of hydrogen-bond donors (Lipinski definition) is 1. The molecule has 0 aromatic rings. The van der Waals surface area contributed by atoms with Crippen molar-refractivity contribution in [3.05, 3.63) is 0 Å². The van der Waals surface area contributed by atoms with Gasteiger partial charge >= 0.3 is 5.97 Å². The maximum Gasteiger partial charge on any atom is 0.313 e. The first kappa shape index (κ1) is 15.8. The van der Waals surface area contributed by atoms with Gasteiger partial charge in [0.25, 0.3) is 0 Å². The molecule has 0 aliphatic rings. The van der Waals surface area contributed by atoms with Crippen molar-refractivity contribution in [2.24, 2.45) is 0 Å². The zero-order valence-electron chi connectivity index (χ0n) is 6.86. The number of thioether (sulfide) groups is 2. The molecule has 0 saturated carbocycles. The second-order valence-electron chi connectivity index (χ2n) is 1.87. The first-order valence-electron chi connectivity index (χ1n) is 3.34. The Morgan fingerprint density at radius 1 is 1.33 bits per heavy atom. The molecule has 12 heavy (non-hydrogen) atoms. The van der Waals surface area contributed by atoms with Crippen molar-refractivity contribution in [2.45, 2.75) is 6.42 Å². The number of aliphatic carboxylic acids is 1. The largest absolute Gasteiger partial charge is 0.481 e. The van der Waals surface area contributed by atoms with Crippen molar-refractivity contribution in [2.75, 3.05) is 22.9 Å². The summed E-state index contributed by atoms with van der Waals surface area (Å²) in [4.78, 5) is 10.0. The van der Waals surface area contributed by atoms with Crippen LogP contribution < -0.4 is 0 Å². The van der Waals surface area contributed by atoms with Crippen LogP contribution in [0.25, 0.3) is 0 Å². The van der Waals surface area contributed by atoms with Gasteiger partial charge in [0.05, 0.1) is 13.6 Å². The topological polar surface area (TPSA) is 37.3 Å².